The van der Waals surface area contributed by atoms with Gasteiger partial charge in [-0.2, -0.15) is 9.40 Å². The molecule has 114 valence electrons. The number of sulfonamides is 1. The molecule has 5 nitrogen and oxygen atoms in total. The highest BCUT2D eigenvalue weighted by atomic mass is 32.2. The predicted molar refractivity (Wildman–Crippen MR) is 68.2 cm³/mol. The van der Waals surface area contributed by atoms with E-state index in [1.807, 2.05) is 0 Å². The Morgan fingerprint density at radius 3 is 2.48 bits per heavy atom. The molecule has 1 aromatic carbocycles. The summed E-state index contributed by atoms with van der Waals surface area (Å²) < 4.78 is 66.4. The van der Waals surface area contributed by atoms with E-state index in [4.69, 9.17) is 0 Å². The van der Waals surface area contributed by atoms with E-state index < -0.39 is 32.4 Å². The molecule has 9 heteroatoms. The first-order chi connectivity index (χ1) is 9.73. The fourth-order valence-electron chi connectivity index (χ4n) is 1.77. The summed E-state index contributed by atoms with van der Waals surface area (Å²) in [6.07, 6.45) is 3.04. The van der Waals surface area contributed by atoms with Gasteiger partial charge in [-0.25, -0.2) is 21.6 Å². The molecule has 0 saturated carbocycles. The van der Waals surface area contributed by atoms with Crippen molar-refractivity contribution in [3.05, 3.63) is 47.5 Å². The van der Waals surface area contributed by atoms with Crippen molar-refractivity contribution in [2.45, 2.75) is 11.4 Å². The second-order valence-electron chi connectivity index (χ2n) is 4.46. The Morgan fingerprint density at radius 2 is 1.90 bits per heavy atom. The summed E-state index contributed by atoms with van der Waals surface area (Å²) in [6.45, 7) is -0.0748. The van der Waals surface area contributed by atoms with E-state index in [-0.39, 0.29) is 6.54 Å². The van der Waals surface area contributed by atoms with Gasteiger partial charge in [0.05, 0.1) is 6.20 Å². The SMILES string of the molecule is CN(Cc1cnn(C)c1)S(=O)(=O)c1ccc(F)c(F)c1F. The van der Waals surface area contributed by atoms with E-state index in [2.05, 4.69) is 5.10 Å². The van der Waals surface area contributed by atoms with Gasteiger partial charge in [-0.05, 0) is 12.1 Å². The van der Waals surface area contributed by atoms with Crippen LogP contribution >= 0.6 is 0 Å². The first-order valence-corrected chi connectivity index (χ1v) is 7.25. The number of rotatable bonds is 4. The molecule has 0 radical (unpaired) electrons. The van der Waals surface area contributed by atoms with Gasteiger partial charge >= 0.3 is 0 Å². The van der Waals surface area contributed by atoms with Crippen LogP contribution in [-0.4, -0.2) is 29.6 Å². The number of hydrogen-bond donors (Lipinski definition) is 0. The highest BCUT2D eigenvalue weighted by molar-refractivity contribution is 7.89. The molecule has 2 aromatic rings. The normalized spacial score (nSPS) is 12.1. The maximum absolute atomic E-state index is 13.6. The number of hydrogen-bond acceptors (Lipinski definition) is 3. The molecule has 0 N–H and O–H groups in total. The number of nitrogens with zero attached hydrogens (tertiary/aromatic N) is 3. The third-order valence-corrected chi connectivity index (χ3v) is 4.67. The molecule has 0 bridgehead atoms. The van der Waals surface area contributed by atoms with Gasteiger partial charge < -0.3 is 0 Å². The topological polar surface area (TPSA) is 55.2 Å². The maximum atomic E-state index is 13.6. The second kappa shape index (κ2) is 5.49. The Bertz CT molecular complexity index is 774. The summed E-state index contributed by atoms with van der Waals surface area (Å²) in [5, 5.41) is 3.88. The van der Waals surface area contributed by atoms with E-state index in [0.717, 1.165) is 4.31 Å². The van der Waals surface area contributed by atoms with Crippen LogP contribution < -0.4 is 0 Å². The molecule has 0 fully saturated rings. The standard InChI is InChI=1S/C12H12F3N3O2S/c1-17-6-8(5-16-17)7-18(2)21(19,20)10-4-3-9(13)11(14)12(10)15/h3-6H,7H2,1-2H3. The molecule has 0 amide bonds. The third kappa shape index (κ3) is 2.93. The molecule has 0 aliphatic heterocycles. The predicted octanol–water partition coefficient (Wildman–Crippen LogP) is 1.66. The van der Waals surface area contributed by atoms with Gasteiger partial charge in [0.15, 0.2) is 17.5 Å². The van der Waals surface area contributed by atoms with E-state index in [0.29, 0.717) is 17.7 Å². The zero-order valence-electron chi connectivity index (χ0n) is 11.2. The van der Waals surface area contributed by atoms with Crippen LogP contribution in [0.15, 0.2) is 29.4 Å². The van der Waals surface area contributed by atoms with E-state index in [1.165, 1.54) is 17.9 Å². The van der Waals surface area contributed by atoms with Crippen LogP contribution in [-0.2, 0) is 23.6 Å². The fourth-order valence-corrected chi connectivity index (χ4v) is 2.98. The Kier molecular flexibility index (Phi) is 4.06. The number of halogens is 3. The highest BCUT2D eigenvalue weighted by Gasteiger charge is 2.28. The zero-order valence-corrected chi connectivity index (χ0v) is 12.0. The second-order valence-corrected chi connectivity index (χ2v) is 6.47. The van der Waals surface area contributed by atoms with Crippen molar-refractivity contribution < 1.29 is 21.6 Å². The molecule has 0 saturated heterocycles. The molecule has 0 atom stereocenters. The minimum atomic E-state index is -4.28. The van der Waals surface area contributed by atoms with Crippen molar-refractivity contribution in [3.63, 3.8) is 0 Å². The molecule has 1 heterocycles. The molecule has 0 aliphatic rings. The maximum Gasteiger partial charge on any atom is 0.246 e. The lowest BCUT2D eigenvalue weighted by Crippen LogP contribution is -2.27. The smallest absolute Gasteiger partial charge is 0.246 e. The van der Waals surface area contributed by atoms with E-state index >= 15 is 0 Å². The fraction of sp³-hybridized carbons (Fsp3) is 0.250. The molecule has 21 heavy (non-hydrogen) atoms. The molecule has 0 spiro atoms. The molecule has 0 aliphatic carbocycles. The summed E-state index contributed by atoms with van der Waals surface area (Å²) in [6, 6.07) is 1.27. The van der Waals surface area contributed by atoms with Crippen LogP contribution in [0, 0.1) is 17.5 Å². The van der Waals surface area contributed by atoms with Crippen LogP contribution in [0.1, 0.15) is 5.56 Å². The lowest BCUT2D eigenvalue weighted by molar-refractivity contribution is 0.421. The number of benzene rings is 1. The average molecular weight is 319 g/mol. The monoisotopic (exact) mass is 319 g/mol. The summed E-state index contributed by atoms with van der Waals surface area (Å²) >= 11 is 0. The van der Waals surface area contributed by atoms with Crippen molar-refractivity contribution in [2.75, 3.05) is 7.05 Å². The van der Waals surface area contributed by atoms with E-state index in [1.54, 1.807) is 13.2 Å². The Hall–Kier alpha value is -1.87. The summed E-state index contributed by atoms with van der Waals surface area (Å²) in [5.41, 5.74) is 0.576. The van der Waals surface area contributed by atoms with Crippen molar-refractivity contribution in [1.29, 1.82) is 0 Å². The van der Waals surface area contributed by atoms with Crippen molar-refractivity contribution >= 4 is 10.0 Å². The van der Waals surface area contributed by atoms with E-state index in [9.17, 15) is 21.6 Å². The summed E-state index contributed by atoms with van der Waals surface area (Å²) in [7, 11) is -1.41. The van der Waals surface area contributed by atoms with Gasteiger partial charge in [0.2, 0.25) is 10.0 Å². The Balaban J connectivity index is 2.35. The zero-order chi connectivity index (χ0) is 15.8. The summed E-state index contributed by atoms with van der Waals surface area (Å²) in [5.74, 6) is -4.99. The van der Waals surface area contributed by atoms with Gasteiger partial charge in [-0.15, -0.1) is 0 Å². The number of aryl methyl sites for hydroxylation is 1. The highest BCUT2D eigenvalue weighted by Crippen LogP contribution is 2.23. The first-order valence-electron chi connectivity index (χ1n) is 5.81. The van der Waals surface area contributed by atoms with Gasteiger partial charge in [0, 0.05) is 32.4 Å². The largest absolute Gasteiger partial charge is 0.275 e. The Labute approximate surface area is 119 Å². The minimum Gasteiger partial charge on any atom is -0.275 e. The quantitative estimate of drug-likeness (QED) is 0.805. The molecule has 2 rings (SSSR count). The molecule has 1 aromatic heterocycles. The van der Waals surface area contributed by atoms with Gasteiger partial charge in [-0.1, -0.05) is 0 Å². The number of aromatic nitrogens is 2. The van der Waals surface area contributed by atoms with Crippen molar-refractivity contribution in [1.82, 2.24) is 14.1 Å². The first kappa shape index (κ1) is 15.5. The average Bonchev–Trinajstić information content (AvgIpc) is 2.81. The third-order valence-electron chi connectivity index (χ3n) is 2.85. The van der Waals surface area contributed by atoms with Crippen molar-refractivity contribution in [2.24, 2.45) is 7.05 Å². The van der Waals surface area contributed by atoms with Gasteiger partial charge in [0.25, 0.3) is 0 Å². The molecular formula is C12H12F3N3O2S. The lowest BCUT2D eigenvalue weighted by atomic mass is 10.3. The summed E-state index contributed by atoms with van der Waals surface area (Å²) in [4.78, 5) is -0.909. The van der Waals surface area contributed by atoms with Crippen LogP contribution in [0.3, 0.4) is 0 Å². The van der Waals surface area contributed by atoms with Gasteiger partial charge in [0.1, 0.15) is 4.90 Å². The Morgan fingerprint density at radius 1 is 1.24 bits per heavy atom. The van der Waals surface area contributed by atoms with Crippen LogP contribution in [0.25, 0.3) is 0 Å². The minimum absolute atomic E-state index is 0.0748. The van der Waals surface area contributed by atoms with Crippen molar-refractivity contribution in [3.8, 4) is 0 Å². The van der Waals surface area contributed by atoms with Crippen LogP contribution in [0.5, 0.6) is 0 Å². The molecule has 0 unspecified atom stereocenters. The van der Waals surface area contributed by atoms with Crippen LogP contribution in [0.4, 0.5) is 13.2 Å². The van der Waals surface area contributed by atoms with Gasteiger partial charge in [-0.3, -0.25) is 4.68 Å². The lowest BCUT2D eigenvalue weighted by Gasteiger charge is -2.17. The van der Waals surface area contributed by atoms with Crippen LogP contribution in [0.2, 0.25) is 0 Å². The molecular weight excluding hydrogens is 307 g/mol.